The molecule has 0 aliphatic carbocycles. The molecule has 0 N–H and O–H groups in total. The minimum atomic E-state index is -0.729. The zero-order valence-corrected chi connectivity index (χ0v) is 16.0. The first kappa shape index (κ1) is 20.8. The zero-order chi connectivity index (χ0) is 20.0. The van der Waals surface area contributed by atoms with Crippen molar-refractivity contribution < 1.29 is 24.0 Å². The van der Waals surface area contributed by atoms with E-state index in [0.29, 0.717) is 37.6 Å². The molecule has 0 bridgehead atoms. The molecule has 8 nitrogen and oxygen atoms in total. The first-order chi connectivity index (χ1) is 12.8. The Morgan fingerprint density at radius 1 is 1.30 bits per heavy atom. The minimum Gasteiger partial charge on any atom is -0.454 e. The van der Waals surface area contributed by atoms with Gasteiger partial charge in [0, 0.05) is 31.0 Å². The summed E-state index contributed by atoms with van der Waals surface area (Å²) >= 11 is 0. The SMILES string of the molecule is CC(C)CCOC(C)C(=O)OCC(=O)N1CCCc2cc([N+](=O)[O-])ccc21. The molecule has 27 heavy (non-hydrogen) atoms. The molecule has 1 unspecified atom stereocenters. The van der Waals surface area contributed by atoms with Crippen LogP contribution in [0.25, 0.3) is 0 Å². The van der Waals surface area contributed by atoms with Crippen molar-refractivity contribution in [2.45, 2.75) is 46.1 Å². The van der Waals surface area contributed by atoms with Gasteiger partial charge in [-0.2, -0.15) is 0 Å². The summed E-state index contributed by atoms with van der Waals surface area (Å²) in [6, 6.07) is 4.44. The van der Waals surface area contributed by atoms with Crippen LogP contribution in [0.2, 0.25) is 0 Å². The van der Waals surface area contributed by atoms with Gasteiger partial charge in [0.2, 0.25) is 0 Å². The van der Waals surface area contributed by atoms with Crippen molar-refractivity contribution >= 4 is 23.3 Å². The highest BCUT2D eigenvalue weighted by Crippen LogP contribution is 2.30. The van der Waals surface area contributed by atoms with Crippen LogP contribution in [0.5, 0.6) is 0 Å². The van der Waals surface area contributed by atoms with Gasteiger partial charge in [-0.05, 0) is 43.7 Å². The van der Waals surface area contributed by atoms with Crippen molar-refractivity contribution in [3.05, 3.63) is 33.9 Å². The van der Waals surface area contributed by atoms with Crippen LogP contribution in [0.15, 0.2) is 18.2 Å². The number of aryl methyl sites for hydroxylation is 1. The fourth-order valence-electron chi connectivity index (χ4n) is 2.83. The highest BCUT2D eigenvalue weighted by molar-refractivity contribution is 5.96. The molecule has 0 saturated heterocycles. The number of nitro benzene ring substituents is 1. The van der Waals surface area contributed by atoms with Gasteiger partial charge in [-0.1, -0.05) is 13.8 Å². The van der Waals surface area contributed by atoms with Crippen LogP contribution >= 0.6 is 0 Å². The molecule has 1 aromatic rings. The fourth-order valence-corrected chi connectivity index (χ4v) is 2.83. The summed E-state index contributed by atoms with van der Waals surface area (Å²) in [5.74, 6) is -0.453. The van der Waals surface area contributed by atoms with E-state index in [-0.39, 0.29) is 18.2 Å². The van der Waals surface area contributed by atoms with Crippen molar-refractivity contribution in [1.82, 2.24) is 0 Å². The lowest BCUT2D eigenvalue weighted by Crippen LogP contribution is -2.39. The smallest absolute Gasteiger partial charge is 0.335 e. The Morgan fingerprint density at radius 2 is 2.04 bits per heavy atom. The Hall–Kier alpha value is -2.48. The lowest BCUT2D eigenvalue weighted by molar-refractivity contribution is -0.384. The topological polar surface area (TPSA) is 99.0 Å². The molecule has 2 rings (SSSR count). The van der Waals surface area contributed by atoms with E-state index in [1.54, 1.807) is 13.0 Å². The first-order valence-electron chi connectivity index (χ1n) is 9.15. The number of rotatable bonds is 8. The third-order valence-electron chi connectivity index (χ3n) is 4.43. The third kappa shape index (κ3) is 5.75. The monoisotopic (exact) mass is 378 g/mol. The predicted octanol–water partition coefficient (Wildman–Crippen LogP) is 2.87. The molecule has 0 spiro atoms. The normalized spacial score (nSPS) is 14.6. The third-order valence-corrected chi connectivity index (χ3v) is 4.43. The molecule has 1 atom stereocenters. The van der Waals surface area contributed by atoms with Crippen LogP contribution in [0.4, 0.5) is 11.4 Å². The van der Waals surface area contributed by atoms with E-state index in [1.807, 2.05) is 0 Å². The van der Waals surface area contributed by atoms with E-state index in [4.69, 9.17) is 9.47 Å². The van der Waals surface area contributed by atoms with Crippen molar-refractivity contribution in [2.24, 2.45) is 5.92 Å². The van der Waals surface area contributed by atoms with Gasteiger partial charge < -0.3 is 14.4 Å². The number of nitrogens with zero attached hydrogens (tertiary/aromatic N) is 2. The standard InChI is InChI=1S/C19H26N2O6/c1-13(2)8-10-26-14(3)19(23)27-12-18(22)20-9-4-5-15-11-16(21(24)25)6-7-17(15)20/h6-7,11,13-14H,4-5,8-10,12H2,1-3H3. The van der Waals surface area contributed by atoms with Gasteiger partial charge in [0.15, 0.2) is 12.7 Å². The largest absolute Gasteiger partial charge is 0.454 e. The number of amides is 1. The maximum atomic E-state index is 12.5. The quantitative estimate of drug-likeness (QED) is 0.392. The number of carbonyl (C=O) groups excluding carboxylic acids is 2. The Morgan fingerprint density at radius 3 is 2.70 bits per heavy atom. The molecule has 1 aromatic carbocycles. The van der Waals surface area contributed by atoms with Gasteiger partial charge in [-0.3, -0.25) is 14.9 Å². The minimum absolute atomic E-state index is 0.00171. The van der Waals surface area contributed by atoms with Crippen molar-refractivity contribution in [3.8, 4) is 0 Å². The van der Waals surface area contributed by atoms with Crippen molar-refractivity contribution in [3.63, 3.8) is 0 Å². The van der Waals surface area contributed by atoms with E-state index in [0.717, 1.165) is 12.0 Å². The number of nitro groups is 1. The molecule has 1 amide bonds. The van der Waals surface area contributed by atoms with Crippen LogP contribution < -0.4 is 4.90 Å². The van der Waals surface area contributed by atoms with E-state index in [9.17, 15) is 19.7 Å². The molecule has 1 aliphatic heterocycles. The molecule has 8 heteroatoms. The van der Waals surface area contributed by atoms with Gasteiger partial charge in [-0.25, -0.2) is 4.79 Å². The summed E-state index contributed by atoms with van der Waals surface area (Å²) in [7, 11) is 0. The number of ether oxygens (including phenoxy) is 2. The van der Waals surface area contributed by atoms with Crippen LogP contribution in [0.1, 0.15) is 39.2 Å². The Labute approximate surface area is 158 Å². The molecule has 0 saturated carbocycles. The van der Waals surface area contributed by atoms with Crippen molar-refractivity contribution in [1.29, 1.82) is 0 Å². The summed E-state index contributed by atoms with van der Waals surface area (Å²) in [5, 5.41) is 10.9. The average Bonchev–Trinajstić information content (AvgIpc) is 2.64. The predicted molar refractivity (Wildman–Crippen MR) is 99.6 cm³/mol. The molecule has 1 heterocycles. The van der Waals surface area contributed by atoms with Gasteiger partial charge in [0.25, 0.3) is 11.6 Å². The first-order valence-corrected chi connectivity index (χ1v) is 9.15. The van der Waals surface area contributed by atoms with E-state index >= 15 is 0 Å². The Bertz CT molecular complexity index is 703. The number of fused-ring (bicyclic) bond motifs is 1. The highest BCUT2D eigenvalue weighted by atomic mass is 16.6. The second-order valence-electron chi connectivity index (χ2n) is 7.02. The molecule has 148 valence electrons. The van der Waals surface area contributed by atoms with Crippen LogP contribution in [-0.4, -0.2) is 42.7 Å². The zero-order valence-electron chi connectivity index (χ0n) is 16.0. The Kier molecular flexibility index (Phi) is 7.29. The summed E-state index contributed by atoms with van der Waals surface area (Å²) in [6.07, 6.45) is 1.48. The van der Waals surface area contributed by atoms with Gasteiger partial charge >= 0.3 is 5.97 Å². The van der Waals surface area contributed by atoms with E-state index in [2.05, 4.69) is 13.8 Å². The average molecular weight is 378 g/mol. The summed E-state index contributed by atoms with van der Waals surface area (Å²) < 4.78 is 10.5. The summed E-state index contributed by atoms with van der Waals surface area (Å²) in [5.41, 5.74) is 1.39. The number of anilines is 1. The van der Waals surface area contributed by atoms with Crippen LogP contribution in [0, 0.1) is 16.0 Å². The maximum Gasteiger partial charge on any atom is 0.335 e. The molecule has 0 fully saturated rings. The highest BCUT2D eigenvalue weighted by Gasteiger charge is 2.26. The van der Waals surface area contributed by atoms with Gasteiger partial charge in [-0.15, -0.1) is 0 Å². The number of benzene rings is 1. The molecule has 1 aliphatic rings. The van der Waals surface area contributed by atoms with E-state index < -0.39 is 17.0 Å². The molecule has 0 radical (unpaired) electrons. The van der Waals surface area contributed by atoms with Crippen LogP contribution in [-0.2, 0) is 25.5 Å². The second-order valence-corrected chi connectivity index (χ2v) is 7.02. The number of hydrogen-bond donors (Lipinski definition) is 0. The van der Waals surface area contributed by atoms with Gasteiger partial charge in [0.05, 0.1) is 4.92 Å². The molecular formula is C19H26N2O6. The lowest BCUT2D eigenvalue weighted by atomic mass is 10.0. The fraction of sp³-hybridized carbons (Fsp3) is 0.579. The Balaban J connectivity index is 1.92. The molecular weight excluding hydrogens is 352 g/mol. The summed E-state index contributed by atoms with van der Waals surface area (Å²) in [6.45, 7) is 6.30. The number of esters is 1. The van der Waals surface area contributed by atoms with Gasteiger partial charge in [0.1, 0.15) is 0 Å². The number of carbonyl (C=O) groups is 2. The number of hydrogen-bond acceptors (Lipinski definition) is 6. The van der Waals surface area contributed by atoms with Crippen molar-refractivity contribution in [2.75, 3.05) is 24.7 Å². The number of non-ortho nitro benzene ring substituents is 1. The second kappa shape index (κ2) is 9.45. The van der Waals surface area contributed by atoms with E-state index in [1.165, 1.54) is 17.0 Å². The molecule has 0 aromatic heterocycles. The maximum absolute atomic E-state index is 12.5. The summed E-state index contributed by atoms with van der Waals surface area (Å²) in [4.78, 5) is 36.4. The lowest BCUT2D eigenvalue weighted by Gasteiger charge is -2.29. The van der Waals surface area contributed by atoms with Crippen LogP contribution in [0.3, 0.4) is 0 Å².